The van der Waals surface area contributed by atoms with Gasteiger partial charge in [-0.2, -0.15) is 0 Å². The van der Waals surface area contributed by atoms with E-state index in [1.54, 1.807) is 12.1 Å². The molecule has 0 saturated heterocycles. The molecular weight excluding hydrogens is 416 g/mol. The lowest BCUT2D eigenvalue weighted by Gasteiger charge is -2.07. The molecule has 150 valence electrons. The monoisotopic (exact) mass is 432 g/mol. The Labute approximate surface area is 175 Å². The number of carbonyl (C=O) groups is 1. The second-order valence-electron chi connectivity index (χ2n) is 5.96. The van der Waals surface area contributed by atoms with Crippen LogP contribution in [0.1, 0.15) is 5.82 Å². The number of hydrogen-bond donors (Lipinski definition) is 2. The number of anilines is 2. The van der Waals surface area contributed by atoms with Crippen LogP contribution in [0.25, 0.3) is 0 Å². The predicted molar refractivity (Wildman–Crippen MR) is 112 cm³/mol. The number of halogens is 1. The highest BCUT2D eigenvalue weighted by Crippen LogP contribution is 2.19. The number of nitro benzene ring substituents is 1. The van der Waals surface area contributed by atoms with Gasteiger partial charge in [0.1, 0.15) is 0 Å². The van der Waals surface area contributed by atoms with Gasteiger partial charge in [-0.05, 0) is 36.4 Å². The summed E-state index contributed by atoms with van der Waals surface area (Å²) in [4.78, 5) is 22.3. The van der Waals surface area contributed by atoms with Crippen molar-refractivity contribution in [1.82, 2.24) is 14.8 Å². The molecule has 0 aliphatic heterocycles. The van der Waals surface area contributed by atoms with E-state index in [1.165, 1.54) is 36.0 Å². The molecule has 2 N–H and O–H groups in total. The maximum Gasteiger partial charge on any atom is 0.269 e. The molecule has 0 unspecified atom stereocenters. The summed E-state index contributed by atoms with van der Waals surface area (Å²) in [7, 11) is 1.83. The van der Waals surface area contributed by atoms with Gasteiger partial charge in [0.05, 0.1) is 17.2 Å². The molecule has 0 fully saturated rings. The van der Waals surface area contributed by atoms with Crippen LogP contribution in [0, 0.1) is 10.1 Å². The number of carbonyl (C=O) groups excluding carboxylic acids is 1. The number of rotatable bonds is 8. The van der Waals surface area contributed by atoms with E-state index in [2.05, 4.69) is 20.8 Å². The molecule has 29 heavy (non-hydrogen) atoms. The molecule has 0 spiro atoms. The van der Waals surface area contributed by atoms with E-state index >= 15 is 0 Å². The Hall–Kier alpha value is -3.11. The van der Waals surface area contributed by atoms with Gasteiger partial charge < -0.3 is 15.2 Å². The lowest BCUT2D eigenvalue weighted by atomic mass is 10.3. The quantitative estimate of drug-likeness (QED) is 0.316. The first-order chi connectivity index (χ1) is 13.9. The van der Waals surface area contributed by atoms with Gasteiger partial charge in [-0.3, -0.25) is 14.9 Å². The van der Waals surface area contributed by atoms with Crippen molar-refractivity contribution >= 4 is 46.3 Å². The normalized spacial score (nSPS) is 10.6. The first kappa shape index (κ1) is 20.6. The van der Waals surface area contributed by atoms with Gasteiger partial charge in [-0.25, -0.2) is 0 Å². The number of hydrogen-bond acceptors (Lipinski definition) is 7. The summed E-state index contributed by atoms with van der Waals surface area (Å²) in [5, 5.41) is 26.1. The molecule has 0 radical (unpaired) electrons. The average Bonchev–Trinajstić information content (AvgIpc) is 3.06. The second kappa shape index (κ2) is 9.39. The van der Waals surface area contributed by atoms with Crippen LogP contribution in [0.3, 0.4) is 0 Å². The molecule has 0 saturated carbocycles. The molecule has 11 heteroatoms. The van der Waals surface area contributed by atoms with E-state index in [9.17, 15) is 14.9 Å². The number of benzene rings is 2. The average molecular weight is 433 g/mol. The number of thioether (sulfide) groups is 1. The van der Waals surface area contributed by atoms with Crippen molar-refractivity contribution in [2.75, 3.05) is 16.4 Å². The van der Waals surface area contributed by atoms with E-state index in [-0.39, 0.29) is 17.3 Å². The Morgan fingerprint density at radius 2 is 1.79 bits per heavy atom. The van der Waals surface area contributed by atoms with Crippen LogP contribution in [-0.4, -0.2) is 31.3 Å². The van der Waals surface area contributed by atoms with Gasteiger partial charge in [0.25, 0.3) is 5.69 Å². The van der Waals surface area contributed by atoms with Gasteiger partial charge in [-0.15, -0.1) is 10.2 Å². The summed E-state index contributed by atoms with van der Waals surface area (Å²) in [5.41, 5.74) is 1.37. The molecule has 0 aliphatic rings. The van der Waals surface area contributed by atoms with Crippen molar-refractivity contribution in [1.29, 1.82) is 0 Å². The number of nitrogens with zero attached hydrogens (tertiary/aromatic N) is 4. The number of nitro groups is 1. The summed E-state index contributed by atoms with van der Waals surface area (Å²) >= 11 is 7.12. The Morgan fingerprint density at radius 1 is 1.14 bits per heavy atom. The molecule has 3 aromatic rings. The zero-order valence-electron chi connectivity index (χ0n) is 15.3. The van der Waals surface area contributed by atoms with Gasteiger partial charge in [0, 0.05) is 35.6 Å². The van der Waals surface area contributed by atoms with Gasteiger partial charge in [-0.1, -0.05) is 23.4 Å². The molecule has 2 aromatic carbocycles. The first-order valence-corrected chi connectivity index (χ1v) is 9.83. The Balaban J connectivity index is 1.50. The predicted octanol–water partition coefficient (Wildman–Crippen LogP) is 3.72. The van der Waals surface area contributed by atoms with Crippen molar-refractivity contribution in [3.8, 4) is 0 Å². The lowest BCUT2D eigenvalue weighted by Crippen LogP contribution is -2.14. The number of nitrogens with one attached hydrogen (secondary N) is 2. The van der Waals surface area contributed by atoms with Gasteiger partial charge in [0.15, 0.2) is 11.0 Å². The van der Waals surface area contributed by atoms with Gasteiger partial charge in [0.2, 0.25) is 5.91 Å². The lowest BCUT2D eigenvalue weighted by molar-refractivity contribution is -0.384. The van der Waals surface area contributed by atoms with Crippen molar-refractivity contribution in [3.63, 3.8) is 0 Å². The van der Waals surface area contributed by atoms with Gasteiger partial charge >= 0.3 is 0 Å². The van der Waals surface area contributed by atoms with E-state index in [1.807, 2.05) is 23.7 Å². The fraction of sp³-hybridized carbons (Fsp3) is 0.167. The third-order valence-electron chi connectivity index (χ3n) is 3.91. The van der Waals surface area contributed by atoms with Crippen LogP contribution < -0.4 is 10.6 Å². The molecule has 3 rings (SSSR count). The number of aromatic nitrogens is 3. The summed E-state index contributed by atoms with van der Waals surface area (Å²) < 4.78 is 1.81. The van der Waals surface area contributed by atoms with Crippen LogP contribution in [0.5, 0.6) is 0 Å². The van der Waals surface area contributed by atoms with Crippen LogP contribution in [-0.2, 0) is 18.4 Å². The standard InChI is InChI=1S/C18H17ClN6O3S/c1-24-16(10-20-13-4-2-12(19)3-5-13)22-23-18(24)29-11-17(26)21-14-6-8-15(9-7-14)25(27)28/h2-9,20H,10-11H2,1H3,(H,21,26). The zero-order valence-corrected chi connectivity index (χ0v) is 16.9. The summed E-state index contributed by atoms with van der Waals surface area (Å²) in [5.74, 6) is 0.610. The second-order valence-corrected chi connectivity index (χ2v) is 7.34. The highest BCUT2D eigenvalue weighted by Gasteiger charge is 2.12. The van der Waals surface area contributed by atoms with Crippen molar-refractivity contribution < 1.29 is 9.72 Å². The minimum Gasteiger partial charge on any atom is -0.378 e. The first-order valence-electron chi connectivity index (χ1n) is 8.47. The van der Waals surface area contributed by atoms with Crippen LogP contribution in [0.4, 0.5) is 17.1 Å². The molecule has 9 nitrogen and oxygen atoms in total. The topological polar surface area (TPSA) is 115 Å². The third-order valence-corrected chi connectivity index (χ3v) is 5.19. The summed E-state index contributed by atoms with van der Waals surface area (Å²) in [6, 6.07) is 13.0. The van der Waals surface area contributed by atoms with E-state index in [0.29, 0.717) is 22.4 Å². The Bertz CT molecular complexity index is 1010. The number of non-ortho nitro benzene ring substituents is 1. The van der Waals surface area contributed by atoms with E-state index in [4.69, 9.17) is 11.6 Å². The molecule has 0 bridgehead atoms. The Kier molecular flexibility index (Phi) is 6.68. The third kappa shape index (κ3) is 5.69. The van der Waals surface area contributed by atoms with Crippen LogP contribution >= 0.6 is 23.4 Å². The highest BCUT2D eigenvalue weighted by atomic mass is 35.5. The number of amides is 1. The fourth-order valence-electron chi connectivity index (χ4n) is 2.37. The molecular formula is C18H17ClN6O3S. The molecule has 1 heterocycles. The maximum absolute atomic E-state index is 12.1. The maximum atomic E-state index is 12.1. The highest BCUT2D eigenvalue weighted by molar-refractivity contribution is 7.99. The van der Waals surface area contributed by atoms with Crippen molar-refractivity contribution in [2.45, 2.75) is 11.7 Å². The minimum absolute atomic E-state index is 0.0313. The van der Waals surface area contributed by atoms with Crippen LogP contribution in [0.15, 0.2) is 53.7 Å². The molecule has 1 aromatic heterocycles. The minimum atomic E-state index is -0.491. The smallest absolute Gasteiger partial charge is 0.269 e. The van der Waals surface area contributed by atoms with Crippen LogP contribution in [0.2, 0.25) is 5.02 Å². The largest absolute Gasteiger partial charge is 0.378 e. The Morgan fingerprint density at radius 3 is 2.45 bits per heavy atom. The fourth-order valence-corrected chi connectivity index (χ4v) is 3.22. The SMILES string of the molecule is Cn1c(CNc2ccc(Cl)cc2)nnc1SCC(=O)Nc1ccc([N+](=O)[O-])cc1. The summed E-state index contributed by atoms with van der Waals surface area (Å²) in [6.45, 7) is 0.473. The van der Waals surface area contributed by atoms with Crippen molar-refractivity contribution in [2.24, 2.45) is 7.05 Å². The van der Waals surface area contributed by atoms with E-state index in [0.717, 1.165) is 11.5 Å². The van der Waals surface area contributed by atoms with E-state index < -0.39 is 4.92 Å². The zero-order chi connectivity index (χ0) is 20.8. The molecule has 0 aliphatic carbocycles. The molecule has 0 atom stereocenters. The van der Waals surface area contributed by atoms with Crippen molar-refractivity contribution in [3.05, 3.63) is 69.5 Å². The summed E-state index contributed by atoms with van der Waals surface area (Å²) in [6.07, 6.45) is 0. The molecule has 1 amide bonds.